The zero-order valence-corrected chi connectivity index (χ0v) is 12.0. The second-order valence-corrected chi connectivity index (χ2v) is 9.36. The molecule has 0 radical (unpaired) electrons. The fourth-order valence-electron chi connectivity index (χ4n) is 1.96. The minimum absolute atomic E-state index is 0.632. The molecule has 0 unspecified atom stereocenters. The third kappa shape index (κ3) is 3.73. The van der Waals surface area contributed by atoms with Crippen molar-refractivity contribution in [1.29, 1.82) is 0 Å². The van der Waals surface area contributed by atoms with Gasteiger partial charge in [0.25, 0.3) is 0 Å². The summed E-state index contributed by atoms with van der Waals surface area (Å²) in [7, 11) is -1.43. The summed E-state index contributed by atoms with van der Waals surface area (Å²) in [5.74, 6) is 3.06. The first-order chi connectivity index (χ1) is 8.17. The topological polar surface area (TPSA) is 20.2 Å². The molecule has 0 heterocycles. The van der Waals surface area contributed by atoms with Crippen LogP contribution >= 0.6 is 0 Å². The van der Waals surface area contributed by atoms with Gasteiger partial charge in [-0.25, -0.2) is 0 Å². The Morgan fingerprint density at radius 1 is 1.06 bits per heavy atom. The summed E-state index contributed by atoms with van der Waals surface area (Å²) in [6, 6.07) is 13.2. The molecule has 92 valence electrons. The van der Waals surface area contributed by atoms with Gasteiger partial charge in [-0.15, -0.1) is 5.54 Å². The second-order valence-electron chi connectivity index (χ2n) is 4.42. The molecule has 1 aromatic rings. The van der Waals surface area contributed by atoms with Crippen LogP contribution in [0.2, 0.25) is 18.1 Å². The molecular formula is C15H22OSi. The van der Waals surface area contributed by atoms with Crippen LogP contribution in [0.4, 0.5) is 0 Å². The molecule has 0 aromatic heterocycles. The van der Waals surface area contributed by atoms with Crippen LogP contribution in [0.25, 0.3) is 0 Å². The molecular weight excluding hydrogens is 224 g/mol. The van der Waals surface area contributed by atoms with Crippen LogP contribution in [0.5, 0.6) is 0 Å². The van der Waals surface area contributed by atoms with Crippen molar-refractivity contribution in [2.75, 3.05) is 0 Å². The van der Waals surface area contributed by atoms with Crippen molar-refractivity contribution in [2.45, 2.75) is 45.0 Å². The molecule has 0 aliphatic heterocycles. The van der Waals surface area contributed by atoms with Crippen molar-refractivity contribution < 1.29 is 5.11 Å². The number of hydrogen-bond donors (Lipinski definition) is 1. The van der Waals surface area contributed by atoms with Gasteiger partial charge in [0, 0.05) is 0 Å². The van der Waals surface area contributed by atoms with Crippen LogP contribution in [0.15, 0.2) is 30.3 Å². The average Bonchev–Trinajstić information content (AvgIpc) is 2.41. The van der Waals surface area contributed by atoms with Crippen molar-refractivity contribution in [2.24, 2.45) is 0 Å². The smallest absolute Gasteiger partial charge is 0.139 e. The van der Waals surface area contributed by atoms with Gasteiger partial charge < -0.3 is 5.11 Å². The highest BCUT2D eigenvalue weighted by Gasteiger charge is 2.24. The summed E-state index contributed by atoms with van der Waals surface area (Å²) in [6.45, 7) is 6.68. The molecule has 1 atom stereocenters. The van der Waals surface area contributed by atoms with Gasteiger partial charge in [0.2, 0.25) is 0 Å². The zero-order chi connectivity index (χ0) is 12.7. The summed E-state index contributed by atoms with van der Waals surface area (Å²) in [6.07, 6.45) is -0.632. The highest BCUT2D eigenvalue weighted by molar-refractivity contribution is 6.87. The second kappa shape index (κ2) is 6.63. The van der Waals surface area contributed by atoms with Gasteiger partial charge in [-0.05, 0) is 23.7 Å². The first-order valence-electron chi connectivity index (χ1n) is 6.43. The van der Waals surface area contributed by atoms with E-state index in [2.05, 4.69) is 32.2 Å². The van der Waals surface area contributed by atoms with E-state index >= 15 is 0 Å². The van der Waals surface area contributed by atoms with Crippen molar-refractivity contribution >= 4 is 8.07 Å². The van der Waals surface area contributed by atoms with E-state index in [1.54, 1.807) is 0 Å². The summed E-state index contributed by atoms with van der Waals surface area (Å²) < 4.78 is 0. The average molecular weight is 246 g/mol. The molecule has 0 spiro atoms. The number of aliphatic hydroxyl groups excluding tert-OH is 1. The first kappa shape index (κ1) is 14.0. The molecule has 1 N–H and O–H groups in total. The summed E-state index contributed by atoms with van der Waals surface area (Å²) in [5, 5.41) is 10.0. The minimum Gasteiger partial charge on any atom is -0.376 e. The summed E-state index contributed by atoms with van der Waals surface area (Å²) >= 11 is 0. The standard InChI is InChI=1S/C15H22OSi/c1-4-17(5-2,6-3)13-12-15(16)14-10-8-7-9-11-14/h7-11,15-16H,4-6H2,1-3H3/t15-/m0/s1. The Morgan fingerprint density at radius 3 is 2.06 bits per heavy atom. The highest BCUT2D eigenvalue weighted by atomic mass is 28.3. The van der Waals surface area contributed by atoms with Crippen molar-refractivity contribution in [3.63, 3.8) is 0 Å². The van der Waals surface area contributed by atoms with Crippen LogP contribution < -0.4 is 0 Å². The van der Waals surface area contributed by atoms with E-state index < -0.39 is 14.2 Å². The fraction of sp³-hybridized carbons (Fsp3) is 0.467. The van der Waals surface area contributed by atoms with Crippen LogP contribution in [-0.4, -0.2) is 13.2 Å². The van der Waals surface area contributed by atoms with Crippen molar-refractivity contribution in [3.8, 4) is 11.5 Å². The van der Waals surface area contributed by atoms with Crippen LogP contribution in [0.3, 0.4) is 0 Å². The SMILES string of the molecule is CC[Si](C#C[C@H](O)c1ccccc1)(CC)CC. The molecule has 0 bridgehead atoms. The molecule has 0 amide bonds. The molecule has 1 rings (SSSR count). The van der Waals surface area contributed by atoms with Crippen molar-refractivity contribution in [1.82, 2.24) is 0 Å². The normalized spacial score (nSPS) is 12.7. The summed E-state index contributed by atoms with van der Waals surface area (Å²) in [5.41, 5.74) is 4.31. The number of rotatable bonds is 4. The number of aliphatic hydroxyl groups is 1. The van der Waals surface area contributed by atoms with Crippen LogP contribution in [0.1, 0.15) is 32.4 Å². The maximum absolute atomic E-state index is 10.0. The van der Waals surface area contributed by atoms with Gasteiger partial charge >= 0.3 is 0 Å². The quantitative estimate of drug-likeness (QED) is 0.633. The Balaban J connectivity index is 2.84. The largest absolute Gasteiger partial charge is 0.376 e. The molecule has 0 saturated heterocycles. The van der Waals surface area contributed by atoms with Gasteiger partial charge in [0.1, 0.15) is 14.2 Å². The lowest BCUT2D eigenvalue weighted by atomic mass is 10.1. The molecule has 17 heavy (non-hydrogen) atoms. The third-order valence-corrected chi connectivity index (χ3v) is 8.36. The Morgan fingerprint density at radius 2 is 1.59 bits per heavy atom. The monoisotopic (exact) mass is 246 g/mol. The minimum atomic E-state index is -1.43. The Bertz CT molecular complexity index is 376. The molecule has 0 aliphatic carbocycles. The predicted molar refractivity (Wildman–Crippen MR) is 76.4 cm³/mol. The van der Waals surface area contributed by atoms with E-state index in [-0.39, 0.29) is 0 Å². The van der Waals surface area contributed by atoms with Gasteiger partial charge in [0.15, 0.2) is 0 Å². The van der Waals surface area contributed by atoms with E-state index in [1.165, 1.54) is 18.1 Å². The third-order valence-electron chi connectivity index (χ3n) is 3.62. The maximum atomic E-state index is 10.0. The van der Waals surface area contributed by atoms with Crippen LogP contribution in [0, 0.1) is 11.5 Å². The van der Waals surface area contributed by atoms with Gasteiger partial charge in [0.05, 0.1) is 0 Å². The molecule has 2 heteroatoms. The van der Waals surface area contributed by atoms with Gasteiger partial charge in [-0.1, -0.05) is 57.0 Å². The first-order valence-corrected chi connectivity index (χ1v) is 9.05. The van der Waals surface area contributed by atoms with E-state index in [4.69, 9.17) is 0 Å². The predicted octanol–water partition coefficient (Wildman–Crippen LogP) is 3.77. The molecule has 1 nitrogen and oxygen atoms in total. The molecule has 1 aromatic carbocycles. The van der Waals surface area contributed by atoms with Gasteiger partial charge in [-0.3, -0.25) is 0 Å². The number of benzene rings is 1. The molecule has 0 aliphatic rings. The van der Waals surface area contributed by atoms with E-state index in [9.17, 15) is 5.11 Å². The lowest BCUT2D eigenvalue weighted by Crippen LogP contribution is -2.29. The highest BCUT2D eigenvalue weighted by Crippen LogP contribution is 2.20. The maximum Gasteiger partial charge on any atom is 0.139 e. The Labute approximate surface area is 106 Å². The fourth-order valence-corrected chi connectivity index (χ4v) is 4.43. The van der Waals surface area contributed by atoms with Gasteiger partial charge in [-0.2, -0.15) is 0 Å². The Hall–Kier alpha value is -1.04. The van der Waals surface area contributed by atoms with E-state index in [0.29, 0.717) is 0 Å². The van der Waals surface area contributed by atoms with Crippen molar-refractivity contribution in [3.05, 3.63) is 35.9 Å². The molecule has 0 fully saturated rings. The van der Waals surface area contributed by atoms with Crippen LogP contribution in [-0.2, 0) is 0 Å². The Kier molecular flexibility index (Phi) is 5.47. The summed E-state index contributed by atoms with van der Waals surface area (Å²) in [4.78, 5) is 0. The molecule has 0 saturated carbocycles. The number of hydrogen-bond acceptors (Lipinski definition) is 1. The zero-order valence-electron chi connectivity index (χ0n) is 11.0. The van der Waals surface area contributed by atoms with E-state index in [0.717, 1.165) is 5.56 Å². The van der Waals surface area contributed by atoms with E-state index in [1.807, 2.05) is 30.3 Å². The lowest BCUT2D eigenvalue weighted by molar-refractivity contribution is 0.238. The lowest BCUT2D eigenvalue weighted by Gasteiger charge is -2.20.